The monoisotopic (exact) mass is 509 g/mol. The Bertz CT molecular complexity index is 619. The van der Waals surface area contributed by atoms with Gasteiger partial charge in [0.1, 0.15) is 12.0 Å². The molecule has 3 fully saturated rings. The van der Waals surface area contributed by atoms with E-state index in [1.807, 2.05) is 7.11 Å². The summed E-state index contributed by atoms with van der Waals surface area (Å²) in [4.78, 5) is 2.61. The molecule has 7 unspecified atom stereocenters. The van der Waals surface area contributed by atoms with Crippen molar-refractivity contribution in [3.8, 4) is 0 Å². The number of nitrogens with one attached hydrogen (secondary N) is 6. The van der Waals surface area contributed by atoms with Crippen LogP contribution in [0, 0.1) is 11.3 Å². The van der Waals surface area contributed by atoms with E-state index in [0.29, 0.717) is 24.2 Å². The summed E-state index contributed by atoms with van der Waals surface area (Å²) in [5.41, 5.74) is 0.0521. The van der Waals surface area contributed by atoms with Crippen LogP contribution < -0.4 is 31.9 Å². The SMILES string of the molecule is CCCC(CC)C1(CNCCN2CCCC2)CC(NC2(CCC)NC(C)CC(NC)N2)CNC1OC. The topological polar surface area (TPSA) is 84.7 Å². The second-order valence-corrected chi connectivity index (χ2v) is 11.8. The maximum absolute atomic E-state index is 6.20. The molecule has 0 aromatic rings. The highest BCUT2D eigenvalue weighted by Gasteiger charge is 2.50. The van der Waals surface area contributed by atoms with Gasteiger partial charge in [-0.2, -0.15) is 0 Å². The van der Waals surface area contributed by atoms with Gasteiger partial charge in [0.15, 0.2) is 0 Å². The molecule has 3 aliphatic rings. The third kappa shape index (κ3) is 7.63. The zero-order valence-corrected chi connectivity index (χ0v) is 24.3. The fourth-order valence-corrected chi connectivity index (χ4v) is 7.46. The van der Waals surface area contributed by atoms with Gasteiger partial charge in [-0.3, -0.25) is 21.3 Å². The number of likely N-dealkylation sites (tertiary alicyclic amines) is 1. The van der Waals surface area contributed by atoms with Crippen molar-refractivity contribution in [1.29, 1.82) is 0 Å². The Labute approximate surface area is 222 Å². The molecule has 3 aliphatic heterocycles. The summed E-state index contributed by atoms with van der Waals surface area (Å²) >= 11 is 0. The normalized spacial score (nSPS) is 36.8. The largest absolute Gasteiger partial charge is 0.366 e. The number of piperidine rings is 1. The van der Waals surface area contributed by atoms with Gasteiger partial charge in [0.25, 0.3) is 0 Å². The van der Waals surface area contributed by atoms with Crippen molar-refractivity contribution in [3.63, 3.8) is 0 Å². The molecule has 8 heteroatoms. The van der Waals surface area contributed by atoms with Crippen molar-refractivity contribution < 1.29 is 4.74 Å². The fraction of sp³-hybridized carbons (Fsp3) is 1.00. The third-order valence-corrected chi connectivity index (χ3v) is 9.06. The van der Waals surface area contributed by atoms with Gasteiger partial charge in [-0.05, 0) is 71.5 Å². The Morgan fingerprint density at radius 3 is 2.53 bits per heavy atom. The summed E-state index contributed by atoms with van der Waals surface area (Å²) in [5.74, 6) is 0.357. The Balaban J connectivity index is 1.77. The first-order valence-electron chi connectivity index (χ1n) is 15.1. The van der Waals surface area contributed by atoms with Crippen LogP contribution in [0.3, 0.4) is 0 Å². The molecule has 0 spiro atoms. The van der Waals surface area contributed by atoms with Crippen LogP contribution in [0.1, 0.15) is 85.5 Å². The molecule has 3 saturated heterocycles. The molecule has 0 saturated carbocycles. The van der Waals surface area contributed by atoms with E-state index in [4.69, 9.17) is 4.74 Å². The summed E-state index contributed by atoms with van der Waals surface area (Å²) in [6, 6.07) is 0.809. The van der Waals surface area contributed by atoms with Crippen molar-refractivity contribution in [1.82, 2.24) is 36.8 Å². The van der Waals surface area contributed by atoms with Crippen LogP contribution in [-0.4, -0.2) is 88.6 Å². The van der Waals surface area contributed by atoms with E-state index in [1.165, 1.54) is 45.2 Å². The molecule has 3 heterocycles. The molecule has 0 radical (unpaired) electrons. The van der Waals surface area contributed by atoms with Crippen molar-refractivity contribution in [3.05, 3.63) is 0 Å². The second-order valence-electron chi connectivity index (χ2n) is 11.8. The number of nitrogens with zero attached hydrogens (tertiary/aromatic N) is 1. The Kier molecular flexibility index (Phi) is 12.4. The highest BCUT2D eigenvalue weighted by molar-refractivity contribution is 5.03. The minimum absolute atomic E-state index is 0.0521. The van der Waals surface area contributed by atoms with Gasteiger partial charge in [0.05, 0.1) is 6.17 Å². The van der Waals surface area contributed by atoms with Crippen molar-refractivity contribution >= 4 is 0 Å². The molecular weight excluding hydrogens is 450 g/mol. The summed E-state index contributed by atoms with van der Waals surface area (Å²) < 4.78 is 6.20. The maximum atomic E-state index is 6.20. The molecule has 7 atom stereocenters. The van der Waals surface area contributed by atoms with Crippen LogP contribution in [0.2, 0.25) is 0 Å². The number of ether oxygens (including phenoxy) is 1. The van der Waals surface area contributed by atoms with Crippen LogP contribution in [0.4, 0.5) is 0 Å². The smallest absolute Gasteiger partial charge is 0.125 e. The molecule has 0 aliphatic carbocycles. The van der Waals surface area contributed by atoms with Gasteiger partial charge < -0.3 is 20.3 Å². The average molecular weight is 510 g/mol. The Hall–Kier alpha value is -0.320. The molecule has 8 nitrogen and oxygen atoms in total. The number of hydrogen-bond donors (Lipinski definition) is 6. The van der Waals surface area contributed by atoms with Crippen molar-refractivity contribution in [2.24, 2.45) is 11.3 Å². The van der Waals surface area contributed by atoms with Gasteiger partial charge in [0, 0.05) is 50.8 Å². The van der Waals surface area contributed by atoms with E-state index in [0.717, 1.165) is 51.9 Å². The highest BCUT2D eigenvalue weighted by atomic mass is 16.5. The molecule has 36 heavy (non-hydrogen) atoms. The van der Waals surface area contributed by atoms with Gasteiger partial charge in [0.2, 0.25) is 0 Å². The van der Waals surface area contributed by atoms with Crippen molar-refractivity contribution in [2.75, 3.05) is 53.4 Å². The Morgan fingerprint density at radius 2 is 1.89 bits per heavy atom. The lowest BCUT2D eigenvalue weighted by Crippen LogP contribution is -2.78. The van der Waals surface area contributed by atoms with Crippen LogP contribution in [0.5, 0.6) is 0 Å². The minimum Gasteiger partial charge on any atom is -0.366 e. The quantitative estimate of drug-likeness (QED) is 0.188. The number of methoxy groups -OCH3 is 1. The Morgan fingerprint density at radius 1 is 1.11 bits per heavy atom. The summed E-state index contributed by atoms with van der Waals surface area (Å²) in [6.07, 6.45) is 11.1. The van der Waals surface area contributed by atoms with E-state index in [-0.39, 0.29) is 17.4 Å². The maximum Gasteiger partial charge on any atom is 0.125 e. The molecule has 0 aromatic carbocycles. The lowest BCUT2D eigenvalue weighted by atomic mass is 9.65. The average Bonchev–Trinajstić information content (AvgIpc) is 3.38. The summed E-state index contributed by atoms with van der Waals surface area (Å²) in [5, 5.41) is 23.1. The van der Waals surface area contributed by atoms with Crippen LogP contribution >= 0.6 is 0 Å². The van der Waals surface area contributed by atoms with E-state index in [9.17, 15) is 0 Å². The predicted octanol–water partition coefficient (Wildman–Crippen LogP) is 2.38. The lowest BCUT2D eigenvalue weighted by Gasteiger charge is -2.54. The first-order chi connectivity index (χ1) is 17.4. The lowest BCUT2D eigenvalue weighted by molar-refractivity contribution is -0.105. The molecular formula is C28H59N7O. The van der Waals surface area contributed by atoms with E-state index >= 15 is 0 Å². The molecule has 212 valence electrons. The summed E-state index contributed by atoms with van der Waals surface area (Å²) in [6.45, 7) is 16.0. The first-order valence-corrected chi connectivity index (χ1v) is 15.1. The van der Waals surface area contributed by atoms with Crippen LogP contribution in [-0.2, 0) is 4.74 Å². The van der Waals surface area contributed by atoms with Crippen molar-refractivity contribution in [2.45, 2.75) is 116 Å². The van der Waals surface area contributed by atoms with Crippen LogP contribution in [0.25, 0.3) is 0 Å². The number of hydrogen-bond acceptors (Lipinski definition) is 8. The van der Waals surface area contributed by atoms with Gasteiger partial charge in [-0.25, -0.2) is 0 Å². The second kappa shape index (κ2) is 14.7. The molecule has 0 amide bonds. The first kappa shape index (κ1) is 30.2. The van der Waals surface area contributed by atoms with Gasteiger partial charge >= 0.3 is 0 Å². The van der Waals surface area contributed by atoms with E-state index in [1.54, 1.807) is 0 Å². The molecule has 6 N–H and O–H groups in total. The number of rotatable bonds is 15. The zero-order chi connectivity index (χ0) is 26.0. The third-order valence-electron chi connectivity index (χ3n) is 9.06. The van der Waals surface area contributed by atoms with Crippen LogP contribution in [0.15, 0.2) is 0 Å². The molecule has 0 aromatic heterocycles. The minimum atomic E-state index is -0.256. The highest BCUT2D eigenvalue weighted by Crippen LogP contribution is 2.43. The molecule has 0 bridgehead atoms. The van der Waals surface area contributed by atoms with Gasteiger partial charge in [-0.15, -0.1) is 0 Å². The fourth-order valence-electron chi connectivity index (χ4n) is 7.46. The van der Waals surface area contributed by atoms with E-state index in [2.05, 4.69) is 71.5 Å². The zero-order valence-electron chi connectivity index (χ0n) is 24.3. The molecule has 3 rings (SSSR count). The predicted molar refractivity (Wildman–Crippen MR) is 151 cm³/mol. The van der Waals surface area contributed by atoms with E-state index < -0.39 is 0 Å². The standard InChI is InChI=1S/C28H59N7O/c1-7-12-23(9-3)27(21-30-14-17-35-15-10-11-16-35)19-24(20-31-26(27)36-6)33-28(13-8-2)32-22(4)18-25(29-5)34-28/h22-26,29-34H,7-21H2,1-6H3. The summed E-state index contributed by atoms with van der Waals surface area (Å²) in [7, 11) is 3.96. The van der Waals surface area contributed by atoms with Gasteiger partial charge in [-0.1, -0.05) is 40.0 Å².